The van der Waals surface area contributed by atoms with Gasteiger partial charge in [0.2, 0.25) is 23.2 Å². The maximum Gasteiger partial charge on any atom is 0.247 e. The molecule has 1 atom stereocenters. The third-order valence-corrected chi connectivity index (χ3v) is 5.74. The van der Waals surface area contributed by atoms with E-state index in [1.807, 2.05) is 37.3 Å². The number of rotatable bonds is 5. The average molecular weight is 422 g/mol. The number of nitrogens with zero attached hydrogens (tertiary/aromatic N) is 5. The largest absolute Gasteiger partial charge is 0.447 e. The average Bonchev–Trinajstić information content (AvgIpc) is 2.88. The second kappa shape index (κ2) is 8.79. The van der Waals surface area contributed by atoms with Gasteiger partial charge in [-0.05, 0) is 37.6 Å². The highest BCUT2D eigenvalue weighted by atomic mass is 32.2. The van der Waals surface area contributed by atoms with Crippen LogP contribution in [0.15, 0.2) is 47.9 Å². The van der Waals surface area contributed by atoms with Gasteiger partial charge in [-0.15, -0.1) is 10.2 Å². The van der Waals surface area contributed by atoms with Crippen LogP contribution in [0.5, 0.6) is 5.88 Å². The number of carbonyl (C=O) groups excluding carboxylic acids is 1. The summed E-state index contributed by atoms with van der Waals surface area (Å²) in [5.74, 6) is 1.15. The van der Waals surface area contributed by atoms with Crippen LogP contribution >= 0.6 is 11.8 Å². The molecule has 8 heteroatoms. The van der Waals surface area contributed by atoms with Crippen molar-refractivity contribution >= 4 is 23.4 Å². The van der Waals surface area contributed by atoms with Gasteiger partial charge in [-0.2, -0.15) is 4.98 Å². The molecule has 0 fully saturated rings. The summed E-state index contributed by atoms with van der Waals surface area (Å²) in [4.78, 5) is 23.1. The van der Waals surface area contributed by atoms with E-state index in [1.165, 1.54) is 6.92 Å². The minimum atomic E-state index is -0.682. The summed E-state index contributed by atoms with van der Waals surface area (Å²) >= 11 is 1.56. The summed E-state index contributed by atoms with van der Waals surface area (Å²) in [5.41, 5.74) is 3.89. The Hall–Kier alpha value is -3.00. The van der Waals surface area contributed by atoms with Crippen molar-refractivity contribution in [2.75, 3.05) is 10.7 Å². The molecule has 0 saturated heterocycles. The number of thioether (sulfide) groups is 1. The molecule has 1 aliphatic heterocycles. The number of aromatic nitrogens is 4. The van der Waals surface area contributed by atoms with E-state index in [0.717, 1.165) is 41.0 Å². The van der Waals surface area contributed by atoms with Gasteiger partial charge in [0.25, 0.3) is 0 Å². The number of fused-ring (bicyclic) bond motifs is 3. The van der Waals surface area contributed by atoms with E-state index < -0.39 is 6.23 Å². The number of hydrogen-bond acceptors (Lipinski definition) is 7. The van der Waals surface area contributed by atoms with Crippen molar-refractivity contribution in [1.29, 1.82) is 0 Å². The van der Waals surface area contributed by atoms with Crippen LogP contribution < -0.4 is 9.64 Å². The van der Waals surface area contributed by atoms with E-state index in [1.54, 1.807) is 29.1 Å². The molecule has 1 unspecified atom stereocenters. The van der Waals surface area contributed by atoms with Crippen LogP contribution in [0.2, 0.25) is 0 Å². The van der Waals surface area contributed by atoms with Gasteiger partial charge in [-0.25, -0.2) is 0 Å². The molecule has 1 amide bonds. The number of amides is 1. The van der Waals surface area contributed by atoms with E-state index in [9.17, 15) is 4.79 Å². The molecule has 0 N–H and O–H groups in total. The Morgan fingerprint density at radius 3 is 2.73 bits per heavy atom. The third-order valence-electron chi connectivity index (χ3n) is 4.82. The number of aryl methyl sites for hydroxylation is 1. The summed E-state index contributed by atoms with van der Waals surface area (Å²) in [7, 11) is 0. The first-order valence-electron chi connectivity index (χ1n) is 9.93. The van der Waals surface area contributed by atoms with Gasteiger partial charge in [0, 0.05) is 36.2 Å². The number of unbranched alkanes of at least 4 members (excludes halogenated alkanes) is 1. The number of pyridine rings is 1. The lowest BCUT2D eigenvalue weighted by molar-refractivity contribution is -0.118. The fourth-order valence-electron chi connectivity index (χ4n) is 3.33. The Balaban J connectivity index is 1.87. The lowest BCUT2D eigenvalue weighted by Crippen LogP contribution is -2.36. The molecule has 0 spiro atoms. The maximum atomic E-state index is 12.7. The first-order valence-corrected chi connectivity index (χ1v) is 10.9. The minimum absolute atomic E-state index is 0.139. The molecule has 3 aromatic rings. The highest BCUT2D eigenvalue weighted by Crippen LogP contribution is 2.43. The molecule has 0 saturated carbocycles. The highest BCUT2D eigenvalue weighted by Gasteiger charge is 2.34. The lowest BCUT2D eigenvalue weighted by atomic mass is 10.0. The molecule has 1 aromatic carbocycles. The second-order valence-corrected chi connectivity index (χ2v) is 8.17. The molecule has 2 aromatic heterocycles. The van der Waals surface area contributed by atoms with Gasteiger partial charge in [0.15, 0.2) is 5.69 Å². The molecule has 0 bridgehead atoms. The summed E-state index contributed by atoms with van der Waals surface area (Å²) in [5, 5.41) is 9.33. The molecule has 7 nitrogen and oxygen atoms in total. The van der Waals surface area contributed by atoms with Crippen LogP contribution in [-0.4, -0.2) is 31.8 Å². The fourth-order valence-corrected chi connectivity index (χ4v) is 4.19. The van der Waals surface area contributed by atoms with Crippen molar-refractivity contribution in [3.05, 3.63) is 53.9 Å². The fraction of sp³-hybridized carbons (Fsp3) is 0.318. The monoisotopic (exact) mass is 421 g/mol. The van der Waals surface area contributed by atoms with Crippen molar-refractivity contribution in [2.24, 2.45) is 0 Å². The van der Waals surface area contributed by atoms with E-state index in [0.29, 0.717) is 16.7 Å². The Kier molecular flexibility index (Phi) is 5.94. The SMILES string of the molecule is CCCCSc1nnc2c(n1)OC(c1ccncc1)N(C(C)=O)c1ccc(C)cc1-2. The van der Waals surface area contributed by atoms with Gasteiger partial charge >= 0.3 is 0 Å². The molecule has 1 aliphatic rings. The van der Waals surface area contributed by atoms with Crippen LogP contribution in [0.3, 0.4) is 0 Å². The summed E-state index contributed by atoms with van der Waals surface area (Å²) in [6.45, 7) is 5.68. The smallest absolute Gasteiger partial charge is 0.247 e. The molecule has 4 rings (SSSR count). The lowest BCUT2D eigenvalue weighted by Gasteiger charge is -2.29. The van der Waals surface area contributed by atoms with Gasteiger partial charge in [-0.3, -0.25) is 14.7 Å². The van der Waals surface area contributed by atoms with Crippen molar-refractivity contribution in [1.82, 2.24) is 20.2 Å². The topological polar surface area (TPSA) is 81.1 Å². The van der Waals surface area contributed by atoms with Gasteiger partial charge in [0.05, 0.1) is 5.69 Å². The zero-order chi connectivity index (χ0) is 21.1. The van der Waals surface area contributed by atoms with Gasteiger partial charge < -0.3 is 4.74 Å². The van der Waals surface area contributed by atoms with Crippen molar-refractivity contribution < 1.29 is 9.53 Å². The third kappa shape index (κ3) is 4.00. The first-order chi connectivity index (χ1) is 14.6. The second-order valence-electron chi connectivity index (χ2n) is 7.11. The number of ether oxygens (including phenoxy) is 1. The molecule has 154 valence electrons. The van der Waals surface area contributed by atoms with E-state index in [-0.39, 0.29) is 5.91 Å². The Bertz CT molecular complexity index is 1060. The van der Waals surface area contributed by atoms with Crippen LogP contribution in [0.4, 0.5) is 5.69 Å². The van der Waals surface area contributed by atoms with E-state index in [4.69, 9.17) is 4.74 Å². The standard InChI is InChI=1S/C22H23N5O2S/c1-4-5-12-30-22-24-20-19(25-26-22)17-13-14(2)6-7-18(17)27(15(3)28)21(29-20)16-8-10-23-11-9-16/h6-11,13,21H,4-5,12H2,1-3H3. The summed E-state index contributed by atoms with van der Waals surface area (Å²) < 4.78 is 6.34. The number of hydrogen-bond donors (Lipinski definition) is 0. The minimum Gasteiger partial charge on any atom is -0.447 e. The maximum absolute atomic E-state index is 12.7. The normalized spacial score (nSPS) is 15.0. The Morgan fingerprint density at radius 2 is 2.00 bits per heavy atom. The molecule has 30 heavy (non-hydrogen) atoms. The summed E-state index contributed by atoms with van der Waals surface area (Å²) in [6, 6.07) is 9.56. The van der Waals surface area contributed by atoms with Crippen LogP contribution in [-0.2, 0) is 4.79 Å². The first kappa shape index (κ1) is 20.3. The molecular formula is C22H23N5O2S. The number of anilines is 1. The van der Waals surface area contributed by atoms with E-state index >= 15 is 0 Å². The van der Waals surface area contributed by atoms with Crippen LogP contribution in [0.1, 0.15) is 44.0 Å². The van der Waals surface area contributed by atoms with E-state index in [2.05, 4.69) is 27.1 Å². The predicted molar refractivity (Wildman–Crippen MR) is 116 cm³/mol. The predicted octanol–water partition coefficient (Wildman–Crippen LogP) is 4.58. The van der Waals surface area contributed by atoms with Crippen LogP contribution in [0, 0.1) is 6.92 Å². The zero-order valence-corrected chi connectivity index (χ0v) is 18.0. The number of benzene rings is 1. The molecule has 0 aliphatic carbocycles. The Labute approximate surface area is 179 Å². The molecular weight excluding hydrogens is 398 g/mol. The van der Waals surface area contributed by atoms with Crippen molar-refractivity contribution in [2.45, 2.75) is 45.0 Å². The number of carbonyl (C=O) groups is 1. The molecule has 3 heterocycles. The molecule has 0 radical (unpaired) electrons. The van der Waals surface area contributed by atoms with Crippen LogP contribution in [0.25, 0.3) is 11.3 Å². The van der Waals surface area contributed by atoms with Gasteiger partial charge in [0.1, 0.15) is 0 Å². The Morgan fingerprint density at radius 1 is 1.20 bits per heavy atom. The zero-order valence-electron chi connectivity index (χ0n) is 17.2. The summed E-state index contributed by atoms with van der Waals surface area (Å²) in [6.07, 6.45) is 4.86. The van der Waals surface area contributed by atoms with Gasteiger partial charge in [-0.1, -0.05) is 36.7 Å². The van der Waals surface area contributed by atoms with Crippen molar-refractivity contribution in [3.8, 4) is 17.1 Å². The van der Waals surface area contributed by atoms with Crippen molar-refractivity contribution in [3.63, 3.8) is 0 Å². The quantitative estimate of drug-likeness (QED) is 0.441. The highest BCUT2D eigenvalue weighted by molar-refractivity contribution is 7.99.